The average molecular weight is 414 g/mol. The number of nitrogens with zero attached hydrogens (tertiary/aromatic N) is 4. The number of anilines is 2. The lowest BCUT2D eigenvalue weighted by atomic mass is 9.91. The van der Waals surface area contributed by atoms with Crippen LogP contribution in [0.25, 0.3) is 5.78 Å². The molecule has 0 radical (unpaired) electrons. The van der Waals surface area contributed by atoms with E-state index in [9.17, 15) is 22.7 Å². The first-order chi connectivity index (χ1) is 13.3. The summed E-state index contributed by atoms with van der Waals surface area (Å²) >= 11 is 0. The van der Waals surface area contributed by atoms with Crippen LogP contribution in [0.15, 0.2) is 24.3 Å². The zero-order valence-corrected chi connectivity index (χ0v) is 15.6. The van der Waals surface area contributed by atoms with Crippen LogP contribution in [-0.4, -0.2) is 36.7 Å². The van der Waals surface area contributed by atoms with Crippen LogP contribution in [0.4, 0.5) is 29.3 Å². The van der Waals surface area contributed by atoms with E-state index in [0.717, 1.165) is 12.1 Å². The standard InChI is InChI=1S/C17H18F4N6O2/c1-8-6-12(27-15(23-8)25-14(22)26-27)24-13(16(2,3)28)10-5-4-9(7-11(10)18)29-17(19,20)21/h4-7,13,24,28H,1-3H3,(H2,22,26)/t13-/m0/s1. The van der Waals surface area contributed by atoms with Gasteiger partial charge in [-0.05, 0) is 26.8 Å². The maximum atomic E-state index is 14.6. The van der Waals surface area contributed by atoms with Crippen molar-refractivity contribution in [1.29, 1.82) is 0 Å². The molecule has 4 N–H and O–H groups in total. The van der Waals surface area contributed by atoms with Gasteiger partial charge in [-0.2, -0.15) is 9.50 Å². The Labute approximate surface area is 162 Å². The van der Waals surface area contributed by atoms with Gasteiger partial charge in [0.15, 0.2) is 0 Å². The molecule has 0 saturated carbocycles. The van der Waals surface area contributed by atoms with Gasteiger partial charge in [-0.15, -0.1) is 18.3 Å². The van der Waals surface area contributed by atoms with E-state index in [2.05, 4.69) is 25.1 Å². The molecule has 0 aliphatic rings. The second-order valence-electron chi connectivity index (χ2n) is 6.93. The van der Waals surface area contributed by atoms with E-state index in [1.54, 1.807) is 13.0 Å². The Balaban J connectivity index is 2.03. The highest BCUT2D eigenvalue weighted by Gasteiger charge is 2.34. The van der Waals surface area contributed by atoms with Gasteiger partial charge in [0.2, 0.25) is 5.95 Å². The summed E-state index contributed by atoms with van der Waals surface area (Å²) in [5, 5.41) is 17.5. The van der Waals surface area contributed by atoms with E-state index in [4.69, 9.17) is 5.73 Å². The topological polar surface area (TPSA) is 111 Å². The van der Waals surface area contributed by atoms with E-state index in [1.165, 1.54) is 18.4 Å². The molecule has 0 amide bonds. The molecule has 0 bridgehead atoms. The highest BCUT2D eigenvalue weighted by molar-refractivity contribution is 5.50. The summed E-state index contributed by atoms with van der Waals surface area (Å²) in [5.41, 5.74) is 4.55. The highest BCUT2D eigenvalue weighted by atomic mass is 19.4. The number of hydrogen-bond donors (Lipinski definition) is 3. The molecule has 3 aromatic rings. The Hall–Kier alpha value is -3.15. The predicted octanol–water partition coefficient (Wildman–Crippen LogP) is 2.98. The van der Waals surface area contributed by atoms with Crippen molar-refractivity contribution in [2.45, 2.75) is 38.8 Å². The zero-order valence-electron chi connectivity index (χ0n) is 15.6. The van der Waals surface area contributed by atoms with Crippen LogP contribution in [0.1, 0.15) is 31.1 Å². The lowest BCUT2D eigenvalue weighted by Crippen LogP contribution is -2.35. The lowest BCUT2D eigenvalue weighted by Gasteiger charge is -2.31. The van der Waals surface area contributed by atoms with Crippen molar-refractivity contribution in [3.63, 3.8) is 0 Å². The SMILES string of the molecule is Cc1cc(N[C@@H](c2ccc(OC(F)(F)F)cc2F)C(C)(C)O)n2nc(N)nc2n1. The molecule has 0 aliphatic carbocycles. The maximum Gasteiger partial charge on any atom is 0.573 e. The minimum atomic E-state index is -4.95. The van der Waals surface area contributed by atoms with Crippen LogP contribution in [0, 0.1) is 12.7 Å². The Morgan fingerprint density at radius 2 is 1.90 bits per heavy atom. The number of aliphatic hydroxyl groups is 1. The van der Waals surface area contributed by atoms with Gasteiger partial charge in [0.1, 0.15) is 17.4 Å². The monoisotopic (exact) mass is 414 g/mol. The Kier molecular flexibility index (Phi) is 4.99. The van der Waals surface area contributed by atoms with Gasteiger partial charge < -0.3 is 20.9 Å². The van der Waals surface area contributed by atoms with Crippen molar-refractivity contribution in [1.82, 2.24) is 19.6 Å². The molecule has 1 atom stereocenters. The van der Waals surface area contributed by atoms with E-state index >= 15 is 0 Å². The van der Waals surface area contributed by atoms with Gasteiger partial charge in [0, 0.05) is 23.4 Å². The second-order valence-corrected chi connectivity index (χ2v) is 6.93. The van der Waals surface area contributed by atoms with Crippen molar-refractivity contribution in [3.8, 4) is 5.75 Å². The zero-order chi connectivity index (χ0) is 21.6. The third-order valence-electron chi connectivity index (χ3n) is 3.97. The van der Waals surface area contributed by atoms with Crippen LogP contribution in [0.3, 0.4) is 0 Å². The van der Waals surface area contributed by atoms with E-state index in [0.29, 0.717) is 17.6 Å². The van der Waals surface area contributed by atoms with Crippen molar-refractivity contribution >= 4 is 17.5 Å². The smallest absolute Gasteiger partial charge is 0.406 e. The summed E-state index contributed by atoms with van der Waals surface area (Å²) in [4.78, 5) is 8.13. The number of hydrogen-bond acceptors (Lipinski definition) is 7. The summed E-state index contributed by atoms with van der Waals surface area (Å²) < 4.78 is 56.8. The molecule has 12 heteroatoms. The number of benzene rings is 1. The van der Waals surface area contributed by atoms with Crippen molar-refractivity contribution in [2.24, 2.45) is 0 Å². The fraction of sp³-hybridized carbons (Fsp3) is 0.353. The first-order valence-electron chi connectivity index (χ1n) is 8.37. The van der Waals surface area contributed by atoms with E-state index < -0.39 is 29.6 Å². The third-order valence-corrected chi connectivity index (χ3v) is 3.97. The number of rotatable bonds is 5. The highest BCUT2D eigenvalue weighted by Crippen LogP contribution is 2.34. The Morgan fingerprint density at radius 1 is 1.21 bits per heavy atom. The molecule has 0 saturated heterocycles. The number of aromatic nitrogens is 4. The van der Waals surface area contributed by atoms with Gasteiger partial charge in [0.05, 0.1) is 11.6 Å². The number of nitrogens with one attached hydrogen (secondary N) is 1. The van der Waals surface area contributed by atoms with Crippen LogP contribution >= 0.6 is 0 Å². The number of aryl methyl sites for hydroxylation is 1. The molecule has 29 heavy (non-hydrogen) atoms. The quantitative estimate of drug-likeness (QED) is 0.551. The molecule has 156 valence electrons. The number of nitrogen functional groups attached to an aromatic ring is 1. The molecule has 0 aliphatic heterocycles. The summed E-state index contributed by atoms with van der Waals surface area (Å²) in [5.74, 6) is -1.25. The molecule has 3 rings (SSSR count). The number of alkyl halides is 3. The van der Waals surface area contributed by atoms with Crippen molar-refractivity contribution < 1.29 is 27.4 Å². The summed E-state index contributed by atoms with van der Waals surface area (Å²) in [6.45, 7) is 4.54. The van der Waals surface area contributed by atoms with Crippen molar-refractivity contribution in [2.75, 3.05) is 11.1 Å². The molecule has 0 spiro atoms. The Bertz CT molecular complexity index is 1040. The first kappa shape index (κ1) is 20.6. The van der Waals surface area contributed by atoms with Gasteiger partial charge >= 0.3 is 6.36 Å². The average Bonchev–Trinajstić information content (AvgIpc) is 2.90. The molecular weight excluding hydrogens is 396 g/mol. The number of halogens is 4. The van der Waals surface area contributed by atoms with Crippen molar-refractivity contribution in [3.05, 3.63) is 41.3 Å². The first-order valence-corrected chi connectivity index (χ1v) is 8.37. The molecule has 0 unspecified atom stereocenters. The van der Waals surface area contributed by atoms with Crippen LogP contribution in [0.5, 0.6) is 5.75 Å². The third kappa shape index (κ3) is 4.65. The second kappa shape index (κ2) is 7.03. The maximum absolute atomic E-state index is 14.6. The minimum absolute atomic E-state index is 0.0363. The van der Waals surface area contributed by atoms with Crippen LogP contribution in [0.2, 0.25) is 0 Å². The molecule has 8 nitrogen and oxygen atoms in total. The number of nitrogens with two attached hydrogens (primary N) is 1. The van der Waals surface area contributed by atoms with Crippen LogP contribution in [-0.2, 0) is 0 Å². The summed E-state index contributed by atoms with van der Waals surface area (Å²) in [7, 11) is 0. The number of fused-ring (bicyclic) bond motifs is 1. The predicted molar refractivity (Wildman–Crippen MR) is 95.7 cm³/mol. The minimum Gasteiger partial charge on any atom is -0.406 e. The largest absolute Gasteiger partial charge is 0.573 e. The van der Waals surface area contributed by atoms with Gasteiger partial charge in [0.25, 0.3) is 5.78 Å². The lowest BCUT2D eigenvalue weighted by molar-refractivity contribution is -0.274. The molecule has 2 heterocycles. The van der Waals surface area contributed by atoms with Gasteiger partial charge in [-0.25, -0.2) is 9.37 Å². The van der Waals surface area contributed by atoms with Crippen LogP contribution < -0.4 is 15.8 Å². The Morgan fingerprint density at radius 3 is 2.48 bits per heavy atom. The molecule has 0 fully saturated rings. The van der Waals surface area contributed by atoms with Gasteiger partial charge in [-0.1, -0.05) is 6.07 Å². The fourth-order valence-electron chi connectivity index (χ4n) is 2.83. The summed E-state index contributed by atoms with van der Waals surface area (Å²) in [6, 6.07) is 3.18. The molecule has 2 aromatic heterocycles. The number of ether oxygens (including phenoxy) is 1. The van der Waals surface area contributed by atoms with E-state index in [-0.39, 0.29) is 17.3 Å². The molecular formula is C17H18F4N6O2. The summed E-state index contributed by atoms with van der Waals surface area (Å²) in [6.07, 6.45) is -4.95. The van der Waals surface area contributed by atoms with E-state index in [1.807, 2.05) is 0 Å². The normalized spacial score (nSPS) is 13.5. The molecule has 1 aromatic carbocycles. The van der Waals surface area contributed by atoms with Gasteiger partial charge in [-0.3, -0.25) is 0 Å². The fourth-order valence-corrected chi connectivity index (χ4v) is 2.83.